The van der Waals surface area contributed by atoms with E-state index in [1.165, 1.54) is 5.56 Å². The van der Waals surface area contributed by atoms with Crippen LogP contribution in [0.25, 0.3) is 0 Å². The van der Waals surface area contributed by atoms with Gasteiger partial charge in [-0.3, -0.25) is 9.59 Å². The van der Waals surface area contributed by atoms with Crippen LogP contribution >= 0.6 is 15.9 Å². The highest BCUT2D eigenvalue weighted by Crippen LogP contribution is 2.24. The molecule has 0 aromatic heterocycles. The largest absolute Gasteiger partial charge is 0.347 e. The molecular formula is C19H19BrN2O2. The first-order valence-electron chi connectivity index (χ1n) is 7.88. The average Bonchev–Trinajstić information content (AvgIpc) is 2.91. The molecule has 0 unspecified atom stereocenters. The zero-order chi connectivity index (χ0) is 17.3. The molecule has 0 radical (unpaired) electrons. The van der Waals surface area contributed by atoms with E-state index >= 15 is 0 Å². The number of rotatable bonds is 3. The third-order valence-electron chi connectivity index (χ3n) is 4.38. The number of hydrogen-bond donors (Lipinski definition) is 1. The van der Waals surface area contributed by atoms with Gasteiger partial charge in [-0.25, -0.2) is 0 Å². The number of carbonyl (C=O) groups is 2. The Balaban J connectivity index is 1.72. The monoisotopic (exact) mass is 386 g/mol. The van der Waals surface area contributed by atoms with Gasteiger partial charge in [0.1, 0.15) is 0 Å². The summed E-state index contributed by atoms with van der Waals surface area (Å²) in [5, 5.41) is 2.96. The molecule has 1 heterocycles. The Morgan fingerprint density at radius 2 is 1.92 bits per heavy atom. The summed E-state index contributed by atoms with van der Waals surface area (Å²) < 4.78 is 0.748. The Kier molecular flexibility index (Phi) is 4.71. The maximum atomic E-state index is 12.4. The zero-order valence-corrected chi connectivity index (χ0v) is 15.3. The summed E-state index contributed by atoms with van der Waals surface area (Å²) in [5.41, 5.74) is 3.82. The Morgan fingerprint density at radius 3 is 2.62 bits per heavy atom. The molecule has 3 rings (SSSR count). The Hall–Kier alpha value is -2.14. The lowest BCUT2D eigenvalue weighted by Crippen LogP contribution is -2.37. The van der Waals surface area contributed by atoms with Crippen LogP contribution < -0.4 is 10.2 Å². The first-order chi connectivity index (χ1) is 11.5. The van der Waals surface area contributed by atoms with Crippen molar-refractivity contribution in [1.82, 2.24) is 5.32 Å². The van der Waals surface area contributed by atoms with Gasteiger partial charge in [0.2, 0.25) is 5.91 Å². The molecule has 2 aromatic carbocycles. The molecule has 1 saturated heterocycles. The summed E-state index contributed by atoms with van der Waals surface area (Å²) in [5.74, 6) is -0.127. The van der Waals surface area contributed by atoms with Crippen LogP contribution in [0.4, 0.5) is 5.69 Å². The predicted octanol–water partition coefficient (Wildman–Crippen LogP) is 3.60. The zero-order valence-electron chi connectivity index (χ0n) is 13.7. The van der Waals surface area contributed by atoms with Crippen LogP contribution in [0.1, 0.15) is 27.9 Å². The number of anilines is 1. The predicted molar refractivity (Wildman–Crippen MR) is 98.3 cm³/mol. The second-order valence-electron chi connectivity index (χ2n) is 6.13. The number of hydrogen-bond acceptors (Lipinski definition) is 2. The lowest BCUT2D eigenvalue weighted by Gasteiger charge is -2.18. The standard InChI is InChI=1S/C19H19BrN2O2/c1-12-7-8-15(9-13(12)2)22-11-14(10-18(22)23)21-19(24)16-5-3-4-6-17(16)20/h3-9,14H,10-11H2,1-2H3,(H,21,24)/t14-/m0/s1. The van der Waals surface area contributed by atoms with Gasteiger partial charge >= 0.3 is 0 Å². The molecule has 0 bridgehead atoms. The molecular weight excluding hydrogens is 368 g/mol. The van der Waals surface area contributed by atoms with Crippen molar-refractivity contribution in [2.24, 2.45) is 0 Å². The minimum Gasteiger partial charge on any atom is -0.347 e. The fourth-order valence-electron chi connectivity index (χ4n) is 2.86. The molecule has 1 aliphatic rings. The smallest absolute Gasteiger partial charge is 0.252 e. The summed E-state index contributed by atoms with van der Waals surface area (Å²) in [7, 11) is 0. The van der Waals surface area contributed by atoms with Crippen molar-refractivity contribution in [3.8, 4) is 0 Å². The van der Waals surface area contributed by atoms with Gasteiger partial charge in [0.15, 0.2) is 0 Å². The van der Waals surface area contributed by atoms with Crippen molar-refractivity contribution in [2.75, 3.05) is 11.4 Å². The summed E-state index contributed by atoms with van der Waals surface area (Å²) in [6.07, 6.45) is 0.323. The molecule has 24 heavy (non-hydrogen) atoms. The van der Waals surface area contributed by atoms with Crippen LogP contribution in [0.15, 0.2) is 46.9 Å². The Morgan fingerprint density at radius 1 is 1.17 bits per heavy atom. The summed E-state index contributed by atoms with van der Waals surface area (Å²) in [6.45, 7) is 4.58. The van der Waals surface area contributed by atoms with Gasteiger partial charge < -0.3 is 10.2 Å². The van der Waals surface area contributed by atoms with E-state index in [9.17, 15) is 9.59 Å². The topological polar surface area (TPSA) is 49.4 Å². The van der Waals surface area contributed by atoms with Crippen LogP contribution in [0, 0.1) is 13.8 Å². The number of nitrogens with zero attached hydrogens (tertiary/aromatic N) is 1. The number of aryl methyl sites for hydroxylation is 2. The van der Waals surface area contributed by atoms with Crippen molar-refractivity contribution in [3.63, 3.8) is 0 Å². The van der Waals surface area contributed by atoms with Gasteiger partial charge in [0.05, 0.1) is 11.6 Å². The van der Waals surface area contributed by atoms with Crippen molar-refractivity contribution < 1.29 is 9.59 Å². The summed E-state index contributed by atoms with van der Waals surface area (Å²) in [6, 6.07) is 13.1. The number of benzene rings is 2. The van der Waals surface area contributed by atoms with Gasteiger partial charge in [-0.05, 0) is 65.2 Å². The number of halogens is 1. The second-order valence-corrected chi connectivity index (χ2v) is 6.98. The number of amides is 2. The third kappa shape index (κ3) is 3.36. The van der Waals surface area contributed by atoms with Gasteiger partial charge in [0, 0.05) is 23.1 Å². The highest BCUT2D eigenvalue weighted by atomic mass is 79.9. The fourth-order valence-corrected chi connectivity index (χ4v) is 3.32. The quantitative estimate of drug-likeness (QED) is 0.875. The van der Waals surface area contributed by atoms with Gasteiger partial charge in [0.25, 0.3) is 5.91 Å². The fraction of sp³-hybridized carbons (Fsp3) is 0.263. The molecule has 1 atom stereocenters. The molecule has 1 N–H and O–H groups in total. The van der Waals surface area contributed by atoms with E-state index < -0.39 is 0 Å². The summed E-state index contributed by atoms with van der Waals surface area (Å²) >= 11 is 3.38. The first kappa shape index (κ1) is 16.7. The number of carbonyl (C=O) groups excluding carboxylic acids is 2. The van der Waals surface area contributed by atoms with Crippen molar-refractivity contribution >= 4 is 33.4 Å². The normalized spacial score (nSPS) is 17.2. The lowest BCUT2D eigenvalue weighted by molar-refractivity contribution is -0.117. The third-order valence-corrected chi connectivity index (χ3v) is 5.07. The van der Waals surface area contributed by atoms with Crippen LogP contribution in [-0.4, -0.2) is 24.4 Å². The highest BCUT2D eigenvalue weighted by Gasteiger charge is 2.32. The highest BCUT2D eigenvalue weighted by molar-refractivity contribution is 9.10. The van der Waals surface area contributed by atoms with E-state index in [-0.39, 0.29) is 17.9 Å². The van der Waals surface area contributed by atoms with Crippen LogP contribution in [0.3, 0.4) is 0 Å². The maximum absolute atomic E-state index is 12.4. The first-order valence-corrected chi connectivity index (χ1v) is 8.68. The van der Waals surface area contributed by atoms with Gasteiger partial charge in [-0.15, -0.1) is 0 Å². The van der Waals surface area contributed by atoms with Crippen molar-refractivity contribution in [1.29, 1.82) is 0 Å². The molecule has 1 aliphatic heterocycles. The van der Waals surface area contributed by atoms with E-state index in [0.29, 0.717) is 18.5 Å². The minimum absolute atomic E-state index is 0.0377. The van der Waals surface area contributed by atoms with E-state index in [0.717, 1.165) is 15.7 Å². The molecule has 0 aliphatic carbocycles. The molecule has 0 spiro atoms. The van der Waals surface area contributed by atoms with Crippen LogP contribution in [0.5, 0.6) is 0 Å². The SMILES string of the molecule is Cc1ccc(N2C[C@@H](NC(=O)c3ccccc3Br)CC2=O)cc1C. The van der Waals surface area contributed by atoms with E-state index in [1.54, 1.807) is 11.0 Å². The van der Waals surface area contributed by atoms with E-state index in [1.807, 2.05) is 50.2 Å². The van der Waals surface area contributed by atoms with Gasteiger partial charge in [-0.2, -0.15) is 0 Å². The van der Waals surface area contributed by atoms with Crippen LogP contribution in [-0.2, 0) is 4.79 Å². The van der Waals surface area contributed by atoms with E-state index in [4.69, 9.17) is 0 Å². The second kappa shape index (κ2) is 6.77. The Labute approximate surface area is 150 Å². The van der Waals surface area contributed by atoms with Crippen molar-refractivity contribution in [3.05, 3.63) is 63.6 Å². The Bertz CT molecular complexity index is 804. The lowest BCUT2D eigenvalue weighted by atomic mass is 10.1. The molecule has 4 nitrogen and oxygen atoms in total. The molecule has 5 heteroatoms. The molecule has 2 amide bonds. The van der Waals surface area contributed by atoms with Gasteiger partial charge in [-0.1, -0.05) is 18.2 Å². The maximum Gasteiger partial charge on any atom is 0.252 e. The molecule has 2 aromatic rings. The molecule has 124 valence electrons. The summed E-state index contributed by atoms with van der Waals surface area (Å²) in [4.78, 5) is 26.5. The molecule has 0 saturated carbocycles. The molecule has 1 fully saturated rings. The van der Waals surface area contributed by atoms with Crippen molar-refractivity contribution in [2.45, 2.75) is 26.3 Å². The number of nitrogens with one attached hydrogen (secondary N) is 1. The minimum atomic E-state index is -0.182. The van der Waals surface area contributed by atoms with E-state index in [2.05, 4.69) is 21.2 Å². The van der Waals surface area contributed by atoms with Crippen LogP contribution in [0.2, 0.25) is 0 Å². The average molecular weight is 387 g/mol.